The molecule has 1 aliphatic rings. The van der Waals surface area contributed by atoms with E-state index in [9.17, 15) is 9.59 Å². The second-order valence-corrected chi connectivity index (χ2v) is 4.80. The van der Waals surface area contributed by atoms with Crippen molar-refractivity contribution in [3.63, 3.8) is 0 Å². The summed E-state index contributed by atoms with van der Waals surface area (Å²) < 4.78 is 4.82. The minimum Gasteiger partial charge on any atom is -0.480 e. The highest BCUT2D eigenvalue weighted by atomic mass is 16.5. The molecule has 0 saturated heterocycles. The lowest BCUT2D eigenvalue weighted by atomic mass is 10.1. The molecule has 0 aliphatic heterocycles. The standard InChI is InChI=1S/C12H22N2O4/c1-8-4-3-5-9(8)13-12(17)14-10(11(15)16)6-7-18-2/h8-10H,3-7H2,1-2H3,(H,15,16)(H2,13,14,17). The van der Waals surface area contributed by atoms with E-state index < -0.39 is 18.0 Å². The number of hydrogen-bond acceptors (Lipinski definition) is 3. The first-order valence-electron chi connectivity index (χ1n) is 6.33. The molecule has 1 rings (SSSR count). The maximum atomic E-state index is 11.7. The molecule has 3 unspecified atom stereocenters. The molecule has 3 N–H and O–H groups in total. The van der Waals surface area contributed by atoms with Crippen LogP contribution in [-0.2, 0) is 9.53 Å². The van der Waals surface area contributed by atoms with Crippen LogP contribution in [0.15, 0.2) is 0 Å². The minimum absolute atomic E-state index is 0.155. The molecule has 0 aromatic heterocycles. The summed E-state index contributed by atoms with van der Waals surface area (Å²) in [6, 6.07) is -1.15. The van der Waals surface area contributed by atoms with Crippen molar-refractivity contribution < 1.29 is 19.4 Å². The van der Waals surface area contributed by atoms with E-state index in [2.05, 4.69) is 17.6 Å². The van der Waals surface area contributed by atoms with E-state index in [-0.39, 0.29) is 12.5 Å². The average molecular weight is 258 g/mol. The zero-order chi connectivity index (χ0) is 13.5. The Morgan fingerprint density at radius 1 is 1.44 bits per heavy atom. The van der Waals surface area contributed by atoms with Crippen LogP contribution in [0.2, 0.25) is 0 Å². The topological polar surface area (TPSA) is 87.7 Å². The third kappa shape index (κ3) is 4.52. The van der Waals surface area contributed by atoms with Gasteiger partial charge in [0.1, 0.15) is 6.04 Å². The van der Waals surface area contributed by atoms with Crippen molar-refractivity contribution in [2.75, 3.05) is 13.7 Å². The first-order chi connectivity index (χ1) is 8.54. The van der Waals surface area contributed by atoms with Crippen molar-refractivity contribution in [2.24, 2.45) is 5.92 Å². The van der Waals surface area contributed by atoms with Gasteiger partial charge in [-0.15, -0.1) is 0 Å². The number of carboxylic acids is 1. The Balaban J connectivity index is 2.38. The van der Waals surface area contributed by atoms with Crippen molar-refractivity contribution >= 4 is 12.0 Å². The lowest BCUT2D eigenvalue weighted by molar-refractivity contribution is -0.139. The predicted octanol–water partition coefficient (Wildman–Crippen LogP) is 0.964. The molecule has 0 heterocycles. The smallest absolute Gasteiger partial charge is 0.326 e. The fourth-order valence-electron chi connectivity index (χ4n) is 2.22. The van der Waals surface area contributed by atoms with Gasteiger partial charge in [0.25, 0.3) is 0 Å². The third-order valence-corrected chi connectivity index (χ3v) is 3.39. The van der Waals surface area contributed by atoms with Crippen LogP contribution in [0.5, 0.6) is 0 Å². The van der Waals surface area contributed by atoms with Gasteiger partial charge in [0, 0.05) is 26.2 Å². The Kier molecular flexibility index (Phi) is 5.91. The number of carbonyl (C=O) groups is 2. The van der Waals surface area contributed by atoms with Crippen molar-refractivity contribution in [1.82, 2.24) is 10.6 Å². The Morgan fingerprint density at radius 2 is 2.17 bits per heavy atom. The summed E-state index contributed by atoms with van der Waals surface area (Å²) in [5.41, 5.74) is 0. The summed E-state index contributed by atoms with van der Waals surface area (Å²) in [7, 11) is 1.50. The highest BCUT2D eigenvalue weighted by molar-refractivity contribution is 5.82. The molecule has 0 radical (unpaired) electrons. The molecule has 0 bridgehead atoms. The number of urea groups is 1. The summed E-state index contributed by atoms with van der Waals surface area (Å²) in [6.07, 6.45) is 3.44. The monoisotopic (exact) mass is 258 g/mol. The van der Waals surface area contributed by atoms with Gasteiger partial charge in [-0.1, -0.05) is 13.3 Å². The molecule has 6 heteroatoms. The van der Waals surface area contributed by atoms with E-state index in [1.807, 2.05) is 0 Å². The summed E-state index contributed by atoms with van der Waals surface area (Å²) in [5, 5.41) is 14.3. The number of rotatable bonds is 6. The lowest BCUT2D eigenvalue weighted by Gasteiger charge is -2.20. The summed E-state index contributed by atoms with van der Waals surface area (Å²) in [5.74, 6) is -0.584. The van der Waals surface area contributed by atoms with E-state index in [1.54, 1.807) is 0 Å². The second kappa shape index (κ2) is 7.20. The Bertz CT molecular complexity index is 296. The van der Waals surface area contributed by atoms with E-state index in [4.69, 9.17) is 9.84 Å². The summed E-state index contributed by atoms with van der Waals surface area (Å²) in [4.78, 5) is 22.6. The SMILES string of the molecule is COCCC(NC(=O)NC1CCCC1C)C(=O)O. The molecule has 18 heavy (non-hydrogen) atoms. The van der Waals surface area contributed by atoms with Gasteiger partial charge in [0.05, 0.1) is 0 Å². The van der Waals surface area contributed by atoms with Gasteiger partial charge in [-0.05, 0) is 18.8 Å². The van der Waals surface area contributed by atoms with E-state index in [1.165, 1.54) is 7.11 Å². The number of amides is 2. The van der Waals surface area contributed by atoms with Crippen LogP contribution in [-0.4, -0.2) is 42.9 Å². The maximum Gasteiger partial charge on any atom is 0.326 e. The Labute approximate surface area is 107 Å². The van der Waals surface area contributed by atoms with Crippen LogP contribution in [0, 0.1) is 5.92 Å². The number of ether oxygens (including phenoxy) is 1. The molecule has 0 aromatic rings. The summed E-state index contributed by atoms with van der Waals surface area (Å²) in [6.45, 7) is 2.40. The van der Waals surface area contributed by atoms with Gasteiger partial charge in [-0.25, -0.2) is 9.59 Å². The largest absolute Gasteiger partial charge is 0.480 e. The molecule has 1 saturated carbocycles. The van der Waals surface area contributed by atoms with E-state index in [0.29, 0.717) is 12.5 Å². The van der Waals surface area contributed by atoms with Crippen LogP contribution in [0.4, 0.5) is 4.79 Å². The van der Waals surface area contributed by atoms with E-state index >= 15 is 0 Å². The maximum absolute atomic E-state index is 11.7. The van der Waals surface area contributed by atoms with Crippen molar-refractivity contribution in [3.05, 3.63) is 0 Å². The number of carbonyl (C=O) groups excluding carboxylic acids is 1. The first-order valence-corrected chi connectivity index (χ1v) is 6.33. The average Bonchev–Trinajstić information content (AvgIpc) is 2.70. The highest BCUT2D eigenvalue weighted by Crippen LogP contribution is 2.24. The molecule has 1 fully saturated rings. The zero-order valence-corrected chi connectivity index (χ0v) is 10.9. The van der Waals surface area contributed by atoms with Crippen molar-refractivity contribution in [1.29, 1.82) is 0 Å². The molecule has 0 spiro atoms. The third-order valence-electron chi connectivity index (χ3n) is 3.39. The molecule has 3 atom stereocenters. The van der Waals surface area contributed by atoms with Crippen LogP contribution in [0.3, 0.4) is 0 Å². The quantitative estimate of drug-likeness (QED) is 0.662. The molecule has 1 aliphatic carbocycles. The fourth-order valence-corrected chi connectivity index (χ4v) is 2.22. The second-order valence-electron chi connectivity index (χ2n) is 4.80. The normalized spacial score (nSPS) is 24.6. The molecular weight excluding hydrogens is 236 g/mol. The molecule has 6 nitrogen and oxygen atoms in total. The molecule has 104 valence electrons. The van der Waals surface area contributed by atoms with Gasteiger partial charge in [0.2, 0.25) is 0 Å². The van der Waals surface area contributed by atoms with Crippen LogP contribution in [0.1, 0.15) is 32.6 Å². The minimum atomic E-state index is -1.04. The van der Waals surface area contributed by atoms with Crippen LogP contribution >= 0.6 is 0 Å². The number of nitrogens with one attached hydrogen (secondary N) is 2. The van der Waals surface area contributed by atoms with Gasteiger partial charge in [0.15, 0.2) is 0 Å². The van der Waals surface area contributed by atoms with Gasteiger partial charge in [-0.2, -0.15) is 0 Å². The lowest BCUT2D eigenvalue weighted by Crippen LogP contribution is -2.49. The Hall–Kier alpha value is -1.30. The summed E-state index contributed by atoms with van der Waals surface area (Å²) >= 11 is 0. The van der Waals surface area contributed by atoms with E-state index in [0.717, 1.165) is 19.3 Å². The van der Waals surface area contributed by atoms with Crippen LogP contribution < -0.4 is 10.6 Å². The first kappa shape index (κ1) is 14.8. The molecular formula is C12H22N2O4. The number of carboxylic acid groups (broad SMARTS) is 1. The fraction of sp³-hybridized carbons (Fsp3) is 0.833. The molecule has 0 aromatic carbocycles. The highest BCUT2D eigenvalue weighted by Gasteiger charge is 2.26. The van der Waals surface area contributed by atoms with Crippen molar-refractivity contribution in [3.8, 4) is 0 Å². The number of hydrogen-bond donors (Lipinski definition) is 3. The van der Waals surface area contributed by atoms with Crippen molar-refractivity contribution in [2.45, 2.75) is 44.7 Å². The van der Waals surface area contributed by atoms with Gasteiger partial charge >= 0.3 is 12.0 Å². The number of methoxy groups -OCH3 is 1. The Morgan fingerprint density at radius 3 is 2.67 bits per heavy atom. The molecule has 2 amide bonds. The van der Waals surface area contributed by atoms with Crippen LogP contribution in [0.25, 0.3) is 0 Å². The zero-order valence-electron chi connectivity index (χ0n) is 10.9. The number of aliphatic carboxylic acids is 1. The van der Waals surface area contributed by atoms with Gasteiger partial charge in [-0.3, -0.25) is 0 Å². The predicted molar refractivity (Wildman–Crippen MR) is 66.4 cm³/mol. The van der Waals surface area contributed by atoms with Gasteiger partial charge < -0.3 is 20.5 Å².